The predicted octanol–water partition coefficient (Wildman–Crippen LogP) is 5.00. The standard InChI is InChI=1S/C23H24ClNO3/c1-4-28-23(27)22-16(3)25(14-17-7-5-6-15(2)12-17)21(26)13-20(22)18-8-10-19(24)11-9-18/h5-12,20H,4,13-14H2,1-3H3. The van der Waals surface area contributed by atoms with E-state index in [9.17, 15) is 9.59 Å². The summed E-state index contributed by atoms with van der Waals surface area (Å²) in [5, 5.41) is 0.616. The highest BCUT2D eigenvalue weighted by Crippen LogP contribution is 2.38. The zero-order chi connectivity index (χ0) is 20.3. The van der Waals surface area contributed by atoms with Crippen LogP contribution in [0.5, 0.6) is 0 Å². The first-order valence-corrected chi connectivity index (χ1v) is 9.77. The largest absolute Gasteiger partial charge is 0.463 e. The second kappa shape index (κ2) is 8.61. The fourth-order valence-electron chi connectivity index (χ4n) is 3.65. The Balaban J connectivity index is 2.02. The average Bonchev–Trinajstić information content (AvgIpc) is 2.65. The third-order valence-electron chi connectivity index (χ3n) is 5.01. The molecule has 28 heavy (non-hydrogen) atoms. The normalized spacial score (nSPS) is 17.1. The Morgan fingerprint density at radius 3 is 2.54 bits per heavy atom. The smallest absolute Gasteiger partial charge is 0.336 e. The maximum absolute atomic E-state index is 13.0. The molecule has 0 bridgehead atoms. The molecule has 3 rings (SSSR count). The second-order valence-corrected chi connectivity index (χ2v) is 7.43. The van der Waals surface area contributed by atoms with E-state index in [0.29, 0.717) is 22.8 Å². The minimum absolute atomic E-state index is 0.00740. The highest BCUT2D eigenvalue weighted by molar-refractivity contribution is 6.30. The number of nitrogens with zero attached hydrogens (tertiary/aromatic N) is 1. The van der Waals surface area contributed by atoms with Crippen LogP contribution in [0, 0.1) is 6.92 Å². The van der Waals surface area contributed by atoms with Crippen molar-refractivity contribution >= 4 is 23.5 Å². The SMILES string of the molecule is CCOC(=O)C1=C(C)N(Cc2cccc(C)c2)C(=O)CC1c1ccc(Cl)cc1. The van der Waals surface area contributed by atoms with Gasteiger partial charge in [-0.2, -0.15) is 0 Å². The van der Waals surface area contributed by atoms with Crippen LogP contribution in [0.3, 0.4) is 0 Å². The van der Waals surface area contributed by atoms with E-state index in [0.717, 1.165) is 16.7 Å². The molecule has 1 aliphatic rings. The lowest BCUT2D eigenvalue weighted by Crippen LogP contribution is -2.38. The average molecular weight is 398 g/mol. The zero-order valence-corrected chi connectivity index (χ0v) is 17.1. The topological polar surface area (TPSA) is 46.6 Å². The summed E-state index contributed by atoms with van der Waals surface area (Å²) in [6.07, 6.45) is 0.221. The molecule has 0 saturated carbocycles. The lowest BCUT2D eigenvalue weighted by molar-refractivity contribution is -0.140. The summed E-state index contributed by atoms with van der Waals surface area (Å²) in [5.41, 5.74) is 4.23. The summed E-state index contributed by atoms with van der Waals surface area (Å²) in [6.45, 7) is 6.34. The fourth-order valence-corrected chi connectivity index (χ4v) is 3.78. The second-order valence-electron chi connectivity index (χ2n) is 7.00. The van der Waals surface area contributed by atoms with Crippen molar-refractivity contribution in [3.05, 3.63) is 81.5 Å². The van der Waals surface area contributed by atoms with E-state index in [-0.39, 0.29) is 30.8 Å². The van der Waals surface area contributed by atoms with Gasteiger partial charge in [-0.1, -0.05) is 53.6 Å². The summed E-state index contributed by atoms with van der Waals surface area (Å²) in [4.78, 5) is 27.4. The van der Waals surface area contributed by atoms with Crippen molar-refractivity contribution in [1.82, 2.24) is 4.90 Å². The molecule has 0 aromatic heterocycles. The maximum atomic E-state index is 13.0. The van der Waals surface area contributed by atoms with Crippen LogP contribution >= 0.6 is 11.6 Å². The van der Waals surface area contributed by atoms with Crippen molar-refractivity contribution in [3.8, 4) is 0 Å². The molecule has 0 radical (unpaired) electrons. The van der Waals surface area contributed by atoms with Gasteiger partial charge in [0, 0.05) is 23.1 Å². The number of ether oxygens (including phenoxy) is 1. The van der Waals surface area contributed by atoms with E-state index in [4.69, 9.17) is 16.3 Å². The van der Waals surface area contributed by atoms with Crippen LogP contribution in [0.4, 0.5) is 0 Å². The molecule has 1 aliphatic heterocycles. The monoisotopic (exact) mass is 397 g/mol. The molecule has 4 nitrogen and oxygen atoms in total. The summed E-state index contributed by atoms with van der Waals surface area (Å²) in [7, 11) is 0. The number of halogens is 1. The Morgan fingerprint density at radius 1 is 1.18 bits per heavy atom. The van der Waals surface area contributed by atoms with E-state index in [1.165, 1.54) is 0 Å². The molecule has 0 aliphatic carbocycles. The van der Waals surface area contributed by atoms with Crippen LogP contribution in [-0.4, -0.2) is 23.4 Å². The van der Waals surface area contributed by atoms with Gasteiger partial charge in [-0.05, 0) is 44.0 Å². The Morgan fingerprint density at radius 2 is 1.89 bits per heavy atom. The molecule has 146 valence electrons. The summed E-state index contributed by atoms with van der Waals surface area (Å²) in [6, 6.07) is 15.3. The Labute approximate surface area is 170 Å². The molecule has 5 heteroatoms. The van der Waals surface area contributed by atoms with Gasteiger partial charge in [0.2, 0.25) is 5.91 Å². The predicted molar refractivity (Wildman–Crippen MR) is 110 cm³/mol. The maximum Gasteiger partial charge on any atom is 0.336 e. The van der Waals surface area contributed by atoms with E-state index in [2.05, 4.69) is 6.07 Å². The molecule has 2 aromatic carbocycles. The van der Waals surface area contributed by atoms with Crippen LogP contribution in [0.15, 0.2) is 59.8 Å². The van der Waals surface area contributed by atoms with Gasteiger partial charge in [-0.3, -0.25) is 4.79 Å². The first-order chi connectivity index (χ1) is 13.4. The van der Waals surface area contributed by atoms with Gasteiger partial charge in [-0.15, -0.1) is 0 Å². The van der Waals surface area contributed by atoms with Crippen LogP contribution in [0.2, 0.25) is 5.02 Å². The number of hydrogen-bond acceptors (Lipinski definition) is 3. The van der Waals surface area contributed by atoms with Gasteiger partial charge >= 0.3 is 5.97 Å². The van der Waals surface area contributed by atoms with E-state index in [1.807, 2.05) is 44.2 Å². The molecule has 1 heterocycles. The van der Waals surface area contributed by atoms with Gasteiger partial charge in [0.15, 0.2) is 0 Å². The summed E-state index contributed by atoms with van der Waals surface area (Å²) >= 11 is 6.00. The molecule has 1 unspecified atom stereocenters. The van der Waals surface area contributed by atoms with E-state index >= 15 is 0 Å². The number of esters is 1. The minimum Gasteiger partial charge on any atom is -0.463 e. The summed E-state index contributed by atoms with van der Waals surface area (Å²) < 4.78 is 5.32. The van der Waals surface area contributed by atoms with Gasteiger partial charge in [0.05, 0.1) is 18.7 Å². The van der Waals surface area contributed by atoms with E-state index in [1.54, 1.807) is 24.0 Å². The molecule has 0 spiro atoms. The van der Waals surface area contributed by atoms with Crippen molar-refractivity contribution in [3.63, 3.8) is 0 Å². The molecule has 1 amide bonds. The van der Waals surface area contributed by atoms with Crippen molar-refractivity contribution in [2.24, 2.45) is 0 Å². The number of aryl methyl sites for hydroxylation is 1. The number of allylic oxidation sites excluding steroid dienone is 1. The molecule has 0 fully saturated rings. The third-order valence-corrected chi connectivity index (χ3v) is 5.27. The van der Waals surface area contributed by atoms with Crippen molar-refractivity contribution in [2.75, 3.05) is 6.61 Å². The highest BCUT2D eigenvalue weighted by Gasteiger charge is 2.36. The number of benzene rings is 2. The lowest BCUT2D eigenvalue weighted by atomic mass is 9.83. The third kappa shape index (κ3) is 4.28. The van der Waals surface area contributed by atoms with Crippen molar-refractivity contribution in [2.45, 2.75) is 39.7 Å². The fraction of sp³-hybridized carbons (Fsp3) is 0.304. The Hall–Kier alpha value is -2.59. The van der Waals surface area contributed by atoms with Crippen LogP contribution in [-0.2, 0) is 20.9 Å². The summed E-state index contributed by atoms with van der Waals surface area (Å²) in [5.74, 6) is -0.716. The zero-order valence-electron chi connectivity index (χ0n) is 16.4. The van der Waals surface area contributed by atoms with Crippen molar-refractivity contribution < 1.29 is 14.3 Å². The lowest BCUT2D eigenvalue weighted by Gasteiger charge is -2.34. The Bertz CT molecular complexity index is 918. The Kier molecular flexibility index (Phi) is 6.20. The number of hydrogen-bond donors (Lipinski definition) is 0. The number of rotatable bonds is 5. The molecular weight excluding hydrogens is 374 g/mol. The number of carbonyl (C=O) groups excluding carboxylic acids is 2. The van der Waals surface area contributed by atoms with Gasteiger partial charge in [0.25, 0.3) is 0 Å². The molecule has 0 N–H and O–H groups in total. The number of carbonyl (C=O) groups is 2. The van der Waals surface area contributed by atoms with Crippen LogP contribution in [0.1, 0.15) is 42.9 Å². The quantitative estimate of drug-likeness (QED) is 0.667. The highest BCUT2D eigenvalue weighted by atomic mass is 35.5. The van der Waals surface area contributed by atoms with Gasteiger partial charge < -0.3 is 9.64 Å². The molecule has 1 atom stereocenters. The van der Waals surface area contributed by atoms with Gasteiger partial charge in [-0.25, -0.2) is 4.79 Å². The first-order valence-electron chi connectivity index (χ1n) is 9.40. The molecule has 2 aromatic rings. The first kappa shape index (κ1) is 20.2. The van der Waals surface area contributed by atoms with E-state index < -0.39 is 0 Å². The van der Waals surface area contributed by atoms with Gasteiger partial charge in [0.1, 0.15) is 0 Å². The molecular formula is C23H24ClNO3. The van der Waals surface area contributed by atoms with Crippen LogP contribution in [0.25, 0.3) is 0 Å². The minimum atomic E-state index is -0.373. The van der Waals surface area contributed by atoms with Crippen molar-refractivity contribution in [1.29, 1.82) is 0 Å². The number of amides is 1. The van der Waals surface area contributed by atoms with Crippen LogP contribution < -0.4 is 0 Å². The molecule has 0 saturated heterocycles.